The molecule has 0 heterocycles. The van der Waals surface area contributed by atoms with Crippen molar-refractivity contribution in [3.05, 3.63) is 29.8 Å². The molecule has 0 aromatic heterocycles. The molecule has 0 aliphatic heterocycles. The Labute approximate surface area is 92.2 Å². The number of hydrogen-bond donors (Lipinski definition) is 0. The van der Waals surface area contributed by atoms with Crippen molar-refractivity contribution in [1.82, 2.24) is 0 Å². The first-order valence-electron chi connectivity index (χ1n) is 5.42. The summed E-state index contributed by atoms with van der Waals surface area (Å²) < 4.78 is 23.7. The average molecular weight is 226 g/mol. The lowest BCUT2D eigenvalue weighted by atomic mass is 10.2. The molecule has 0 N–H and O–H groups in total. The van der Waals surface area contributed by atoms with Gasteiger partial charge in [0.05, 0.1) is 10.6 Å². The van der Waals surface area contributed by atoms with Gasteiger partial charge < -0.3 is 0 Å². The normalized spacial score (nSPS) is 11.6. The van der Waals surface area contributed by atoms with Gasteiger partial charge in [-0.25, -0.2) is 8.42 Å². The molecule has 0 atom stereocenters. The third-order valence-corrected chi connectivity index (χ3v) is 4.23. The van der Waals surface area contributed by atoms with E-state index in [2.05, 4.69) is 0 Å². The first kappa shape index (κ1) is 12.2. The van der Waals surface area contributed by atoms with Gasteiger partial charge in [0, 0.05) is 0 Å². The maximum atomic E-state index is 11.9. The largest absolute Gasteiger partial charge is 0.224 e. The van der Waals surface area contributed by atoms with E-state index in [-0.39, 0.29) is 5.75 Å². The molecule has 2 nitrogen and oxygen atoms in total. The molecule has 3 heteroatoms. The van der Waals surface area contributed by atoms with Crippen molar-refractivity contribution < 1.29 is 8.42 Å². The molecule has 0 fully saturated rings. The van der Waals surface area contributed by atoms with Crippen molar-refractivity contribution in [3.63, 3.8) is 0 Å². The second-order valence-electron chi connectivity index (χ2n) is 3.67. The van der Waals surface area contributed by atoms with Gasteiger partial charge in [-0.1, -0.05) is 32.4 Å². The maximum absolute atomic E-state index is 11.9. The summed E-state index contributed by atoms with van der Waals surface area (Å²) in [7, 11) is -3.06. The Morgan fingerprint density at radius 3 is 2.53 bits per heavy atom. The van der Waals surface area contributed by atoms with Gasteiger partial charge >= 0.3 is 0 Å². The number of benzene rings is 1. The van der Waals surface area contributed by atoms with Crippen molar-refractivity contribution in [3.8, 4) is 0 Å². The lowest BCUT2D eigenvalue weighted by Gasteiger charge is -2.05. The van der Waals surface area contributed by atoms with Gasteiger partial charge in [-0.3, -0.25) is 0 Å². The van der Waals surface area contributed by atoms with Crippen LogP contribution in [0.15, 0.2) is 29.2 Å². The fraction of sp³-hybridized carbons (Fsp3) is 0.500. The summed E-state index contributed by atoms with van der Waals surface area (Å²) in [6, 6.07) is 7.24. The van der Waals surface area contributed by atoms with Crippen LogP contribution in [0.5, 0.6) is 0 Å². The van der Waals surface area contributed by atoms with E-state index in [1.54, 1.807) is 12.1 Å². The zero-order chi connectivity index (χ0) is 11.3. The van der Waals surface area contributed by atoms with Crippen molar-refractivity contribution in [1.29, 1.82) is 0 Å². The van der Waals surface area contributed by atoms with Crippen LogP contribution in [0.1, 0.15) is 32.3 Å². The van der Waals surface area contributed by atoms with Crippen LogP contribution in [0.2, 0.25) is 0 Å². The summed E-state index contributed by atoms with van der Waals surface area (Å²) in [5.41, 5.74) is 1.08. The van der Waals surface area contributed by atoms with Crippen LogP contribution in [-0.4, -0.2) is 14.2 Å². The van der Waals surface area contributed by atoms with Gasteiger partial charge in [0.2, 0.25) is 0 Å². The van der Waals surface area contributed by atoms with Crippen LogP contribution in [-0.2, 0) is 16.3 Å². The van der Waals surface area contributed by atoms with E-state index in [0.29, 0.717) is 4.90 Å². The number of rotatable bonds is 5. The highest BCUT2D eigenvalue weighted by atomic mass is 32.2. The Balaban J connectivity index is 2.94. The summed E-state index contributed by atoms with van der Waals surface area (Å²) >= 11 is 0. The molecule has 84 valence electrons. The maximum Gasteiger partial charge on any atom is 0.178 e. The van der Waals surface area contributed by atoms with Crippen molar-refractivity contribution >= 4 is 9.84 Å². The van der Waals surface area contributed by atoms with Crippen molar-refractivity contribution in [2.45, 2.75) is 38.0 Å². The monoisotopic (exact) mass is 226 g/mol. The van der Waals surface area contributed by atoms with E-state index in [1.165, 1.54) is 0 Å². The van der Waals surface area contributed by atoms with Crippen LogP contribution in [0.4, 0.5) is 0 Å². The van der Waals surface area contributed by atoms with Gasteiger partial charge in [-0.15, -0.1) is 0 Å². The molecule has 0 bridgehead atoms. The van der Waals surface area contributed by atoms with Crippen LogP contribution >= 0.6 is 0 Å². The van der Waals surface area contributed by atoms with Gasteiger partial charge in [0.25, 0.3) is 0 Å². The van der Waals surface area contributed by atoms with Crippen molar-refractivity contribution in [2.24, 2.45) is 0 Å². The highest BCUT2D eigenvalue weighted by Gasteiger charge is 2.13. The zero-order valence-electron chi connectivity index (χ0n) is 9.36. The number of hydrogen-bond acceptors (Lipinski definition) is 2. The fourth-order valence-corrected chi connectivity index (χ4v) is 2.93. The molecular weight excluding hydrogens is 208 g/mol. The van der Waals surface area contributed by atoms with Gasteiger partial charge in [-0.05, 0) is 30.5 Å². The van der Waals surface area contributed by atoms with E-state index in [1.807, 2.05) is 26.0 Å². The first-order chi connectivity index (χ1) is 7.10. The lowest BCUT2D eigenvalue weighted by Crippen LogP contribution is -2.06. The Kier molecular flexibility index (Phi) is 4.33. The third-order valence-electron chi connectivity index (χ3n) is 2.43. The molecule has 0 aliphatic carbocycles. The Bertz CT molecular complexity index is 407. The summed E-state index contributed by atoms with van der Waals surface area (Å²) in [5.74, 6) is 0.261. The number of sulfone groups is 1. The number of unbranched alkanes of at least 4 members (excludes halogenated alkanes) is 1. The predicted octanol–water partition coefficient (Wildman–Crippen LogP) is 2.82. The summed E-state index contributed by atoms with van der Waals surface area (Å²) in [4.78, 5) is 0.468. The van der Waals surface area contributed by atoms with Gasteiger partial charge in [-0.2, -0.15) is 0 Å². The van der Waals surface area contributed by atoms with E-state index in [4.69, 9.17) is 0 Å². The minimum absolute atomic E-state index is 0.261. The second kappa shape index (κ2) is 5.31. The molecular formula is C12H18O2S. The lowest BCUT2D eigenvalue weighted by molar-refractivity contribution is 0.592. The minimum Gasteiger partial charge on any atom is -0.224 e. The molecule has 0 spiro atoms. The van der Waals surface area contributed by atoms with Crippen LogP contribution in [0, 0.1) is 0 Å². The van der Waals surface area contributed by atoms with Crippen molar-refractivity contribution in [2.75, 3.05) is 5.75 Å². The second-order valence-corrected chi connectivity index (χ2v) is 5.78. The SMILES string of the molecule is CCCCS(=O)(=O)c1cccc(CC)c1. The molecule has 0 radical (unpaired) electrons. The molecule has 1 aromatic carbocycles. The van der Waals surface area contributed by atoms with Gasteiger partial charge in [0.1, 0.15) is 0 Å². The molecule has 1 aromatic rings. The number of aryl methyl sites for hydroxylation is 1. The minimum atomic E-state index is -3.06. The smallest absolute Gasteiger partial charge is 0.178 e. The van der Waals surface area contributed by atoms with Gasteiger partial charge in [0.15, 0.2) is 9.84 Å². The molecule has 0 unspecified atom stereocenters. The zero-order valence-corrected chi connectivity index (χ0v) is 10.2. The molecule has 15 heavy (non-hydrogen) atoms. The fourth-order valence-electron chi connectivity index (χ4n) is 1.41. The van der Waals surface area contributed by atoms with Crippen LogP contribution in [0.3, 0.4) is 0 Å². The topological polar surface area (TPSA) is 34.1 Å². The average Bonchev–Trinajstić information content (AvgIpc) is 2.26. The van der Waals surface area contributed by atoms with E-state index in [0.717, 1.165) is 24.8 Å². The Hall–Kier alpha value is -0.830. The molecule has 0 saturated heterocycles. The standard InChI is InChI=1S/C12H18O2S/c1-3-5-9-15(13,14)12-8-6-7-11(4-2)10-12/h6-8,10H,3-5,9H2,1-2H3. The predicted molar refractivity (Wildman–Crippen MR) is 62.8 cm³/mol. The molecule has 0 aliphatic rings. The molecule has 0 amide bonds. The van der Waals surface area contributed by atoms with E-state index >= 15 is 0 Å². The first-order valence-corrected chi connectivity index (χ1v) is 7.07. The molecule has 0 saturated carbocycles. The summed E-state index contributed by atoms with van der Waals surface area (Å²) in [6.45, 7) is 4.02. The quantitative estimate of drug-likeness (QED) is 0.773. The summed E-state index contributed by atoms with van der Waals surface area (Å²) in [5, 5.41) is 0. The van der Waals surface area contributed by atoms with Crippen LogP contribution < -0.4 is 0 Å². The Morgan fingerprint density at radius 2 is 1.93 bits per heavy atom. The summed E-state index contributed by atoms with van der Waals surface area (Å²) in [6.07, 6.45) is 2.52. The Morgan fingerprint density at radius 1 is 1.20 bits per heavy atom. The molecule has 1 rings (SSSR count). The highest BCUT2D eigenvalue weighted by Crippen LogP contribution is 2.14. The third kappa shape index (κ3) is 3.34. The highest BCUT2D eigenvalue weighted by molar-refractivity contribution is 7.91. The van der Waals surface area contributed by atoms with E-state index in [9.17, 15) is 8.42 Å². The van der Waals surface area contributed by atoms with E-state index < -0.39 is 9.84 Å². The van der Waals surface area contributed by atoms with Crippen LogP contribution in [0.25, 0.3) is 0 Å².